The van der Waals surface area contributed by atoms with Crippen LogP contribution < -0.4 is 30.8 Å². The third-order valence-electron chi connectivity index (χ3n) is 5.37. The van der Waals surface area contributed by atoms with Gasteiger partial charge in [0.05, 0.1) is 21.5 Å². The number of nitrogens with zero attached hydrogens (tertiary/aromatic N) is 2. The molecule has 12 nitrogen and oxygen atoms in total. The summed E-state index contributed by atoms with van der Waals surface area (Å²) in [6.07, 6.45) is 0. The summed E-state index contributed by atoms with van der Waals surface area (Å²) in [6.45, 7) is 0. The van der Waals surface area contributed by atoms with Gasteiger partial charge in [0, 0.05) is 10.0 Å². The summed E-state index contributed by atoms with van der Waals surface area (Å²) in [5.41, 5.74) is -4.95. The minimum absolute atomic E-state index is 0.0298. The topological polar surface area (TPSA) is 165 Å². The van der Waals surface area contributed by atoms with Crippen molar-refractivity contribution in [1.29, 1.82) is 0 Å². The van der Waals surface area contributed by atoms with Crippen LogP contribution in [0.3, 0.4) is 0 Å². The summed E-state index contributed by atoms with van der Waals surface area (Å²) in [4.78, 5) is 50.5. The number of rotatable bonds is 6. The average Bonchev–Trinajstić information content (AvgIpc) is 3.23. The van der Waals surface area contributed by atoms with Gasteiger partial charge in [-0.05, 0) is 60.7 Å². The van der Waals surface area contributed by atoms with Crippen molar-refractivity contribution in [2.24, 2.45) is 0 Å². The maximum atomic E-state index is 12.8. The van der Waals surface area contributed by atoms with Crippen LogP contribution in [0, 0.1) is 0 Å². The van der Waals surface area contributed by atoms with Gasteiger partial charge in [0.15, 0.2) is 0 Å². The fourth-order valence-electron chi connectivity index (χ4n) is 3.55. The van der Waals surface area contributed by atoms with E-state index in [1.54, 1.807) is 0 Å². The quantitative estimate of drug-likeness (QED) is 0.274. The fraction of sp³-hybridized carbons (Fsp3) is 0. The van der Waals surface area contributed by atoms with Crippen molar-refractivity contribution >= 4 is 65.0 Å². The van der Waals surface area contributed by atoms with Crippen LogP contribution >= 0.6 is 23.2 Å². The Morgan fingerprint density at radius 2 is 0.763 bits per heavy atom. The van der Waals surface area contributed by atoms with Crippen LogP contribution in [-0.4, -0.2) is 26.3 Å². The molecular weight excluding hydrogens is 587 g/mol. The van der Waals surface area contributed by atoms with E-state index in [0.29, 0.717) is 0 Å². The lowest BCUT2D eigenvalue weighted by Gasteiger charge is -2.05. The SMILES string of the molecule is O=c1c2cc3c(=O)n(OS(=O)(=O)c4ccc(Cl)cc4)c(=O)c3cc2c(=O)n1OS(=O)(=O)c1ccc(Cl)cc1. The van der Waals surface area contributed by atoms with E-state index in [1.165, 1.54) is 24.3 Å². The highest BCUT2D eigenvalue weighted by atomic mass is 35.5. The van der Waals surface area contributed by atoms with Crippen LogP contribution in [0.4, 0.5) is 0 Å². The number of hydrogen-bond acceptors (Lipinski definition) is 10. The number of aromatic nitrogens is 2. The first-order valence-electron chi connectivity index (χ1n) is 10.2. The zero-order valence-corrected chi connectivity index (χ0v) is 21.5. The van der Waals surface area contributed by atoms with Crippen molar-refractivity contribution in [3.63, 3.8) is 0 Å². The number of fused-ring (bicyclic) bond motifs is 2. The van der Waals surface area contributed by atoms with Crippen molar-refractivity contribution in [3.05, 3.63) is 112 Å². The molecule has 38 heavy (non-hydrogen) atoms. The van der Waals surface area contributed by atoms with Crippen LogP contribution in [-0.2, 0) is 20.2 Å². The molecule has 0 radical (unpaired) electrons. The summed E-state index contributed by atoms with van der Waals surface area (Å²) in [6, 6.07) is 11.1. The monoisotopic (exact) mass is 596 g/mol. The predicted molar refractivity (Wildman–Crippen MR) is 135 cm³/mol. The second-order valence-corrected chi connectivity index (χ2v) is 11.6. The van der Waals surface area contributed by atoms with Crippen LogP contribution in [0.1, 0.15) is 0 Å². The molecule has 0 atom stereocenters. The Morgan fingerprint density at radius 1 is 0.500 bits per heavy atom. The molecule has 0 fully saturated rings. The van der Waals surface area contributed by atoms with Gasteiger partial charge in [-0.3, -0.25) is 27.7 Å². The molecule has 2 aromatic heterocycles. The maximum Gasteiger partial charge on any atom is 0.357 e. The van der Waals surface area contributed by atoms with E-state index in [-0.39, 0.29) is 19.5 Å². The normalized spacial score (nSPS) is 12.3. The molecule has 2 heterocycles. The minimum Gasteiger partial charge on any atom is -0.277 e. The van der Waals surface area contributed by atoms with E-state index in [0.717, 1.165) is 36.4 Å². The van der Waals surface area contributed by atoms with E-state index in [9.17, 15) is 36.0 Å². The van der Waals surface area contributed by atoms with Crippen molar-refractivity contribution in [2.75, 3.05) is 0 Å². The van der Waals surface area contributed by atoms with Crippen molar-refractivity contribution in [2.45, 2.75) is 9.79 Å². The molecule has 5 aromatic rings. The number of hydrogen-bond donors (Lipinski definition) is 0. The molecule has 0 bridgehead atoms. The third kappa shape index (κ3) is 4.16. The molecule has 0 saturated carbocycles. The lowest BCUT2D eigenvalue weighted by atomic mass is 10.1. The molecular formula is C22H10Cl2N2O10S2. The Labute approximate surface area is 221 Å². The number of halogens is 2. The first kappa shape index (κ1) is 25.7. The second kappa shape index (κ2) is 8.80. The summed E-state index contributed by atoms with van der Waals surface area (Å²) < 4.78 is 59.6. The van der Waals surface area contributed by atoms with Gasteiger partial charge in [-0.25, -0.2) is 0 Å². The lowest BCUT2D eigenvalue weighted by molar-refractivity contribution is 0.263. The van der Waals surface area contributed by atoms with Crippen LogP contribution in [0.15, 0.2) is 89.6 Å². The lowest BCUT2D eigenvalue weighted by Crippen LogP contribution is -2.36. The summed E-state index contributed by atoms with van der Waals surface area (Å²) in [5.74, 6) is 0. The first-order chi connectivity index (χ1) is 17.8. The molecule has 5 rings (SSSR count). The Balaban J connectivity index is 1.61. The van der Waals surface area contributed by atoms with Gasteiger partial charge in [-0.2, -0.15) is 16.8 Å². The molecule has 0 N–H and O–H groups in total. The van der Waals surface area contributed by atoms with Crippen LogP contribution in [0.2, 0.25) is 10.0 Å². The minimum atomic E-state index is -4.65. The summed E-state index contributed by atoms with van der Waals surface area (Å²) in [7, 11) is -9.29. The van der Waals surface area contributed by atoms with E-state index in [2.05, 4.69) is 0 Å². The smallest absolute Gasteiger partial charge is 0.277 e. The molecule has 0 spiro atoms. The molecule has 0 aliphatic rings. The molecule has 0 saturated heterocycles. The predicted octanol–water partition coefficient (Wildman–Crippen LogP) is 0.854. The summed E-state index contributed by atoms with van der Waals surface area (Å²) in [5, 5.41) is -1.36. The van der Waals surface area contributed by atoms with Gasteiger partial charge >= 0.3 is 20.2 Å². The summed E-state index contributed by atoms with van der Waals surface area (Å²) >= 11 is 11.5. The highest BCUT2D eigenvalue weighted by molar-refractivity contribution is 7.87. The van der Waals surface area contributed by atoms with Gasteiger partial charge < -0.3 is 0 Å². The van der Waals surface area contributed by atoms with Crippen molar-refractivity contribution in [3.8, 4) is 0 Å². The largest absolute Gasteiger partial charge is 0.357 e. The molecule has 0 amide bonds. The maximum absolute atomic E-state index is 12.8. The molecule has 0 aliphatic heterocycles. The van der Waals surface area contributed by atoms with Crippen molar-refractivity contribution in [1.82, 2.24) is 9.46 Å². The Bertz CT molecular complexity index is 1960. The zero-order chi connectivity index (χ0) is 27.6. The van der Waals surface area contributed by atoms with Gasteiger partial charge in [-0.1, -0.05) is 32.7 Å². The highest BCUT2D eigenvalue weighted by Crippen LogP contribution is 2.18. The third-order valence-corrected chi connectivity index (χ3v) is 8.26. The molecule has 0 unspecified atom stereocenters. The Morgan fingerprint density at radius 3 is 1.03 bits per heavy atom. The second-order valence-electron chi connectivity index (χ2n) is 7.72. The first-order valence-corrected chi connectivity index (χ1v) is 13.7. The standard InChI is InChI=1S/C22H10Cl2N2O10S2/c23-11-1-5-13(6-2-11)37(31,32)35-25-19(27)15-9-17-18(10-16(15)20(25)28)22(30)26(21(17)29)36-38(33,34)14-7-3-12(24)4-8-14/h1-10H. The van der Waals surface area contributed by atoms with E-state index < -0.39 is 73.8 Å². The van der Waals surface area contributed by atoms with Gasteiger partial charge in [0.2, 0.25) is 0 Å². The number of benzene rings is 3. The molecule has 16 heteroatoms. The molecule has 0 aliphatic carbocycles. The van der Waals surface area contributed by atoms with Gasteiger partial charge in [0.25, 0.3) is 22.2 Å². The van der Waals surface area contributed by atoms with E-state index in [1.807, 2.05) is 0 Å². The van der Waals surface area contributed by atoms with Crippen molar-refractivity contribution < 1.29 is 25.4 Å². The molecule has 3 aromatic carbocycles. The van der Waals surface area contributed by atoms with E-state index in [4.69, 9.17) is 31.8 Å². The van der Waals surface area contributed by atoms with Gasteiger partial charge in [-0.15, -0.1) is 0 Å². The van der Waals surface area contributed by atoms with E-state index >= 15 is 0 Å². The zero-order valence-electron chi connectivity index (χ0n) is 18.3. The van der Waals surface area contributed by atoms with Crippen LogP contribution in [0.5, 0.6) is 0 Å². The van der Waals surface area contributed by atoms with Gasteiger partial charge in [0.1, 0.15) is 9.79 Å². The molecule has 194 valence electrons. The van der Waals surface area contributed by atoms with Crippen LogP contribution in [0.25, 0.3) is 21.5 Å². The highest BCUT2D eigenvalue weighted by Gasteiger charge is 2.27. The Kier molecular flexibility index (Phi) is 5.94. The average molecular weight is 597 g/mol. The Hall–Kier alpha value is -3.98. The fourth-order valence-corrected chi connectivity index (χ4v) is 5.58.